The minimum atomic E-state index is -1.75. The third-order valence-electron chi connectivity index (χ3n) is 4.87. The Hall–Kier alpha value is -3.16. The lowest BCUT2D eigenvalue weighted by Gasteiger charge is -2.18. The number of amides is 1. The first kappa shape index (κ1) is 20.1. The molecule has 1 saturated heterocycles. The van der Waals surface area contributed by atoms with Crippen LogP contribution in [-0.2, 0) is 11.3 Å². The van der Waals surface area contributed by atoms with Gasteiger partial charge in [-0.2, -0.15) is 0 Å². The van der Waals surface area contributed by atoms with Gasteiger partial charge in [0.25, 0.3) is 0 Å². The molecule has 3 aromatic rings. The molecule has 154 valence electrons. The fourth-order valence-corrected chi connectivity index (χ4v) is 3.50. The van der Waals surface area contributed by atoms with Crippen molar-refractivity contribution in [3.63, 3.8) is 0 Å². The van der Waals surface area contributed by atoms with E-state index in [1.165, 1.54) is 15.7 Å². The fourth-order valence-electron chi connectivity index (χ4n) is 3.50. The standard InChI is InChI=1S/C20H21B2FN2O5/c21-20(22,23)30-15-5-2-13(3-6-15)14-4-7-17-16(12-14)25(19(27)29-17)9-1-8-24-10-11-28-18(24)26/h2-7,12H,1,8-11,21-22H2. The van der Waals surface area contributed by atoms with Crippen LogP contribution in [0.5, 0.6) is 5.75 Å². The van der Waals surface area contributed by atoms with E-state index in [1.54, 1.807) is 27.7 Å². The van der Waals surface area contributed by atoms with Gasteiger partial charge in [0.2, 0.25) is 0 Å². The van der Waals surface area contributed by atoms with Crippen molar-refractivity contribution >= 4 is 32.9 Å². The fraction of sp³-hybridized carbons (Fsp3) is 0.300. The first-order valence-corrected chi connectivity index (χ1v) is 9.84. The molecule has 2 heterocycles. The Labute approximate surface area is 174 Å². The van der Waals surface area contributed by atoms with Gasteiger partial charge in [-0.1, -0.05) is 18.2 Å². The van der Waals surface area contributed by atoms with Gasteiger partial charge in [-0.15, -0.1) is 0 Å². The van der Waals surface area contributed by atoms with Crippen LogP contribution in [0.15, 0.2) is 51.7 Å². The second kappa shape index (κ2) is 7.93. The molecule has 2 aromatic carbocycles. The summed E-state index contributed by atoms with van der Waals surface area (Å²) in [6.45, 7) is 1.92. The zero-order valence-corrected chi connectivity index (χ0v) is 16.9. The molecule has 0 unspecified atom stereocenters. The number of alkyl halides is 1. The maximum absolute atomic E-state index is 13.6. The molecule has 0 aliphatic carbocycles. The van der Waals surface area contributed by atoms with Crippen LogP contribution in [0.4, 0.5) is 9.18 Å². The average Bonchev–Trinajstić information content (AvgIpc) is 3.23. The molecule has 1 aliphatic heterocycles. The van der Waals surface area contributed by atoms with E-state index in [9.17, 15) is 14.0 Å². The van der Waals surface area contributed by atoms with E-state index in [4.69, 9.17) is 13.9 Å². The number of fused-ring (bicyclic) bond motifs is 1. The first-order chi connectivity index (χ1) is 14.3. The summed E-state index contributed by atoms with van der Waals surface area (Å²) < 4.78 is 30.7. The number of ether oxygens (including phenoxy) is 2. The van der Waals surface area contributed by atoms with Crippen molar-refractivity contribution in [3.8, 4) is 16.9 Å². The second-order valence-corrected chi connectivity index (χ2v) is 7.65. The summed E-state index contributed by atoms with van der Waals surface area (Å²) in [5.74, 6) is 0.00746. The van der Waals surface area contributed by atoms with E-state index in [-0.39, 0.29) is 6.09 Å². The van der Waals surface area contributed by atoms with Crippen LogP contribution in [0.2, 0.25) is 0 Å². The van der Waals surface area contributed by atoms with Gasteiger partial charge in [0.1, 0.15) is 12.4 Å². The molecule has 4 rings (SSSR count). The van der Waals surface area contributed by atoms with Gasteiger partial charge in [0, 0.05) is 13.1 Å². The van der Waals surface area contributed by atoms with E-state index in [0.29, 0.717) is 49.5 Å². The normalized spacial score (nSPS) is 14.3. The molecule has 10 heteroatoms. The quantitative estimate of drug-likeness (QED) is 0.550. The highest BCUT2D eigenvalue weighted by Crippen LogP contribution is 2.27. The Morgan fingerprint density at radius 2 is 1.80 bits per heavy atom. The number of oxazole rings is 1. The largest absolute Gasteiger partial charge is 0.475 e. The summed E-state index contributed by atoms with van der Waals surface area (Å²) in [5.41, 5.74) is 1.24. The number of benzene rings is 2. The monoisotopic (exact) mass is 410 g/mol. The van der Waals surface area contributed by atoms with Crippen LogP contribution in [0.1, 0.15) is 6.42 Å². The number of carbonyl (C=O) groups is 1. The molecular formula is C20H21B2FN2O5. The molecule has 0 atom stereocenters. The average molecular weight is 410 g/mol. The number of cyclic esters (lactones) is 1. The molecule has 1 amide bonds. The third kappa shape index (κ3) is 4.37. The Morgan fingerprint density at radius 3 is 2.47 bits per heavy atom. The van der Waals surface area contributed by atoms with E-state index in [1.807, 2.05) is 24.3 Å². The summed E-state index contributed by atoms with van der Waals surface area (Å²) in [4.78, 5) is 25.5. The summed E-state index contributed by atoms with van der Waals surface area (Å²) in [5, 5.41) is 0. The van der Waals surface area contributed by atoms with E-state index in [2.05, 4.69) is 0 Å². The Morgan fingerprint density at radius 1 is 1.07 bits per heavy atom. The number of halogens is 1. The topological polar surface area (TPSA) is 73.9 Å². The molecule has 0 saturated carbocycles. The predicted molar refractivity (Wildman–Crippen MR) is 115 cm³/mol. The number of hydrogen-bond donors (Lipinski definition) is 0. The van der Waals surface area contributed by atoms with Gasteiger partial charge < -0.3 is 18.8 Å². The molecule has 30 heavy (non-hydrogen) atoms. The highest BCUT2D eigenvalue weighted by Gasteiger charge is 2.21. The molecule has 1 aliphatic rings. The lowest BCUT2D eigenvalue weighted by atomic mass is 9.78. The number of nitrogens with zero attached hydrogens (tertiary/aromatic N) is 2. The number of aryl methyl sites for hydroxylation is 1. The van der Waals surface area contributed by atoms with E-state index in [0.717, 1.165) is 11.1 Å². The SMILES string of the molecule is BC(B)(F)Oc1ccc(-c2ccc3oc(=O)n(CCCN4CCOC4=O)c3c2)cc1. The third-order valence-corrected chi connectivity index (χ3v) is 4.87. The van der Waals surface area contributed by atoms with Crippen LogP contribution >= 0.6 is 0 Å². The minimum Gasteiger partial charge on any atom is -0.475 e. The number of rotatable bonds is 7. The van der Waals surface area contributed by atoms with Gasteiger partial charge in [-0.3, -0.25) is 4.57 Å². The van der Waals surface area contributed by atoms with Crippen LogP contribution in [0, 0.1) is 0 Å². The minimum absolute atomic E-state index is 0.315. The van der Waals surface area contributed by atoms with Crippen molar-refractivity contribution in [2.45, 2.75) is 18.6 Å². The van der Waals surface area contributed by atoms with Crippen LogP contribution < -0.4 is 10.5 Å². The van der Waals surface area contributed by atoms with E-state index < -0.39 is 11.4 Å². The number of aromatic nitrogens is 1. The highest BCUT2D eigenvalue weighted by atomic mass is 19.2. The van der Waals surface area contributed by atoms with Gasteiger partial charge >= 0.3 is 11.8 Å². The van der Waals surface area contributed by atoms with Crippen LogP contribution in [0.25, 0.3) is 22.2 Å². The van der Waals surface area contributed by atoms with Crippen molar-refractivity contribution < 1.29 is 23.1 Å². The molecule has 1 aromatic heterocycles. The van der Waals surface area contributed by atoms with Gasteiger partial charge in [0.05, 0.1) is 12.1 Å². The zero-order valence-electron chi connectivity index (χ0n) is 16.9. The Kier molecular flexibility index (Phi) is 5.32. The molecular weight excluding hydrogens is 389 g/mol. The van der Waals surface area contributed by atoms with Crippen molar-refractivity contribution in [1.29, 1.82) is 0 Å². The molecule has 0 radical (unpaired) electrons. The summed E-state index contributed by atoms with van der Waals surface area (Å²) in [6, 6.07) is 12.6. The van der Waals surface area contributed by atoms with Crippen LogP contribution in [-0.4, -0.2) is 56.6 Å². The van der Waals surface area contributed by atoms with Crippen molar-refractivity contribution in [1.82, 2.24) is 9.47 Å². The molecule has 0 bridgehead atoms. The first-order valence-electron chi connectivity index (χ1n) is 9.84. The second-order valence-electron chi connectivity index (χ2n) is 7.65. The number of hydrogen-bond acceptors (Lipinski definition) is 5. The maximum Gasteiger partial charge on any atom is 0.419 e. The maximum atomic E-state index is 13.6. The van der Waals surface area contributed by atoms with E-state index >= 15 is 0 Å². The number of carbonyl (C=O) groups excluding carboxylic acids is 1. The van der Waals surface area contributed by atoms with Crippen molar-refractivity contribution in [3.05, 3.63) is 53.0 Å². The predicted octanol–water partition coefficient (Wildman–Crippen LogP) is 1.33. The smallest absolute Gasteiger partial charge is 0.419 e. The zero-order chi connectivity index (χ0) is 21.3. The Balaban J connectivity index is 1.54. The molecule has 0 N–H and O–H groups in total. The van der Waals surface area contributed by atoms with Crippen LogP contribution in [0.3, 0.4) is 0 Å². The lowest BCUT2D eigenvalue weighted by molar-refractivity contribution is 0.102. The van der Waals surface area contributed by atoms with Crippen molar-refractivity contribution in [2.24, 2.45) is 0 Å². The molecule has 0 spiro atoms. The van der Waals surface area contributed by atoms with Gasteiger partial charge in [0.15, 0.2) is 26.9 Å². The Bertz CT molecular complexity index is 1120. The van der Waals surface area contributed by atoms with Gasteiger partial charge in [-0.25, -0.2) is 14.0 Å². The van der Waals surface area contributed by atoms with Gasteiger partial charge in [-0.05, 0) is 41.8 Å². The molecule has 1 fully saturated rings. The highest BCUT2D eigenvalue weighted by molar-refractivity contribution is 6.37. The summed E-state index contributed by atoms with van der Waals surface area (Å²) in [7, 11) is 2.69. The lowest BCUT2D eigenvalue weighted by Crippen LogP contribution is -2.31. The summed E-state index contributed by atoms with van der Waals surface area (Å²) in [6.07, 6.45) is 0.295. The van der Waals surface area contributed by atoms with Crippen molar-refractivity contribution in [2.75, 3.05) is 19.7 Å². The summed E-state index contributed by atoms with van der Waals surface area (Å²) >= 11 is 0. The molecule has 7 nitrogen and oxygen atoms in total.